The SMILES string of the molecule is COC1CCC[C@@H]1[C@](C#N)(c1ccccc1)C1CCN(CC2CN(c3ccc(C#N)cc3)C2)CC1. The first-order valence-electron chi connectivity index (χ1n) is 13.1. The summed E-state index contributed by atoms with van der Waals surface area (Å²) in [6.07, 6.45) is 5.61. The molecule has 3 aliphatic rings. The third-order valence-electron chi connectivity index (χ3n) is 8.84. The molecular formula is C30H36N4O. The van der Waals surface area contributed by atoms with E-state index in [0.717, 1.165) is 64.8 Å². The summed E-state index contributed by atoms with van der Waals surface area (Å²) in [7, 11) is 1.82. The maximum absolute atomic E-state index is 10.7. The fourth-order valence-corrected chi connectivity index (χ4v) is 7.01. The van der Waals surface area contributed by atoms with E-state index in [1.807, 2.05) is 19.2 Å². The van der Waals surface area contributed by atoms with Gasteiger partial charge in [0.15, 0.2) is 0 Å². The highest BCUT2D eigenvalue weighted by atomic mass is 16.5. The predicted molar refractivity (Wildman–Crippen MR) is 138 cm³/mol. The second kappa shape index (κ2) is 10.4. The smallest absolute Gasteiger partial charge is 0.0991 e. The Balaban J connectivity index is 1.22. The van der Waals surface area contributed by atoms with E-state index in [0.29, 0.717) is 17.4 Å². The third kappa shape index (κ3) is 4.56. The fraction of sp³-hybridized carbons (Fsp3) is 0.533. The minimum atomic E-state index is -0.465. The second-order valence-electron chi connectivity index (χ2n) is 10.7. The van der Waals surface area contributed by atoms with Gasteiger partial charge < -0.3 is 14.5 Å². The van der Waals surface area contributed by atoms with E-state index < -0.39 is 5.41 Å². The van der Waals surface area contributed by atoms with Crippen LogP contribution in [0.25, 0.3) is 0 Å². The van der Waals surface area contributed by atoms with Crippen LogP contribution in [-0.4, -0.2) is 50.8 Å². The van der Waals surface area contributed by atoms with Crippen LogP contribution in [0, 0.1) is 40.4 Å². The van der Waals surface area contributed by atoms with Gasteiger partial charge in [-0.15, -0.1) is 0 Å². The monoisotopic (exact) mass is 468 g/mol. The Labute approximate surface area is 209 Å². The number of nitriles is 2. The van der Waals surface area contributed by atoms with Crippen molar-refractivity contribution in [3.8, 4) is 12.1 Å². The Morgan fingerprint density at radius 3 is 2.29 bits per heavy atom. The largest absolute Gasteiger partial charge is 0.381 e. The molecule has 5 nitrogen and oxygen atoms in total. The predicted octanol–water partition coefficient (Wildman–Crippen LogP) is 4.98. The van der Waals surface area contributed by atoms with E-state index in [1.54, 1.807) is 0 Å². The molecule has 0 N–H and O–H groups in total. The Bertz CT molecular complexity index is 1060. The Morgan fingerprint density at radius 1 is 0.943 bits per heavy atom. The molecule has 1 saturated carbocycles. The molecule has 0 aromatic heterocycles. The quantitative estimate of drug-likeness (QED) is 0.573. The Hall–Kier alpha value is -2.86. The highest BCUT2D eigenvalue weighted by Gasteiger charge is 2.52. The highest BCUT2D eigenvalue weighted by molar-refractivity contribution is 5.51. The molecule has 182 valence electrons. The lowest BCUT2D eigenvalue weighted by Crippen LogP contribution is -2.54. The fourth-order valence-electron chi connectivity index (χ4n) is 7.01. The number of rotatable bonds is 7. The average Bonchev–Trinajstić information content (AvgIpc) is 3.38. The van der Waals surface area contributed by atoms with Crippen LogP contribution >= 0.6 is 0 Å². The zero-order valence-corrected chi connectivity index (χ0v) is 20.8. The topological polar surface area (TPSA) is 63.3 Å². The molecule has 0 spiro atoms. The molecule has 0 bridgehead atoms. The number of methoxy groups -OCH3 is 1. The standard InChI is InChI=1S/C30H36N4O/c1-35-29-9-5-8-28(29)30(22-32,25-6-3-2-4-7-25)26-14-16-33(17-15-26)19-24-20-34(21-24)27-12-10-23(18-31)11-13-27/h2-4,6-7,10-13,24,26,28-29H,5,8-9,14-17,19-21H2,1H3/t28-,29?,30+/m0/s1. The summed E-state index contributed by atoms with van der Waals surface area (Å²) in [4.78, 5) is 5.02. The number of benzene rings is 2. The van der Waals surface area contributed by atoms with Gasteiger partial charge in [-0.25, -0.2) is 0 Å². The van der Waals surface area contributed by atoms with Gasteiger partial charge in [-0.1, -0.05) is 36.8 Å². The van der Waals surface area contributed by atoms with Crippen molar-refractivity contribution < 1.29 is 4.74 Å². The number of nitrogens with zero attached hydrogens (tertiary/aromatic N) is 4. The molecule has 1 unspecified atom stereocenters. The molecular weight excluding hydrogens is 432 g/mol. The molecule has 2 aromatic rings. The lowest BCUT2D eigenvalue weighted by molar-refractivity contribution is 0.0193. The van der Waals surface area contributed by atoms with E-state index in [4.69, 9.17) is 10.00 Å². The lowest BCUT2D eigenvalue weighted by atomic mass is 9.59. The first-order chi connectivity index (χ1) is 17.2. The molecule has 0 radical (unpaired) electrons. The maximum Gasteiger partial charge on any atom is 0.0991 e. The molecule has 35 heavy (non-hydrogen) atoms. The third-order valence-corrected chi connectivity index (χ3v) is 8.84. The van der Waals surface area contributed by atoms with Crippen molar-refractivity contribution in [1.82, 2.24) is 4.90 Å². The van der Waals surface area contributed by atoms with Gasteiger partial charge >= 0.3 is 0 Å². The molecule has 2 aliphatic heterocycles. The number of hydrogen-bond donors (Lipinski definition) is 0. The van der Waals surface area contributed by atoms with Crippen molar-refractivity contribution in [3.63, 3.8) is 0 Å². The summed E-state index contributed by atoms with van der Waals surface area (Å²) < 4.78 is 5.92. The number of ether oxygens (including phenoxy) is 1. The van der Waals surface area contributed by atoms with Crippen LogP contribution in [0.15, 0.2) is 54.6 Å². The van der Waals surface area contributed by atoms with Crippen LogP contribution in [-0.2, 0) is 10.2 Å². The summed E-state index contributed by atoms with van der Waals surface area (Å²) in [5.74, 6) is 1.32. The molecule has 0 amide bonds. The number of anilines is 1. The molecule has 2 saturated heterocycles. The normalized spacial score (nSPS) is 25.4. The zero-order chi connectivity index (χ0) is 24.3. The van der Waals surface area contributed by atoms with Gasteiger partial charge in [-0.05, 0) is 74.5 Å². The minimum Gasteiger partial charge on any atom is -0.381 e. The Kier molecular flexibility index (Phi) is 7.09. The number of hydrogen-bond acceptors (Lipinski definition) is 5. The summed E-state index contributed by atoms with van der Waals surface area (Å²) in [6, 6.07) is 23.6. The average molecular weight is 469 g/mol. The van der Waals surface area contributed by atoms with Crippen LogP contribution in [0.1, 0.15) is 43.2 Å². The Morgan fingerprint density at radius 2 is 1.66 bits per heavy atom. The van der Waals surface area contributed by atoms with Crippen LogP contribution in [0.2, 0.25) is 0 Å². The van der Waals surface area contributed by atoms with Gasteiger partial charge in [0.25, 0.3) is 0 Å². The summed E-state index contributed by atoms with van der Waals surface area (Å²) in [5.41, 5.74) is 2.65. The molecule has 1 aliphatic carbocycles. The van der Waals surface area contributed by atoms with Gasteiger partial charge in [0, 0.05) is 44.3 Å². The number of piperidine rings is 1. The van der Waals surface area contributed by atoms with E-state index in [-0.39, 0.29) is 12.0 Å². The van der Waals surface area contributed by atoms with Gasteiger partial charge in [-0.3, -0.25) is 0 Å². The van der Waals surface area contributed by atoms with Crippen molar-refractivity contribution in [1.29, 1.82) is 10.5 Å². The zero-order valence-electron chi connectivity index (χ0n) is 20.8. The first-order valence-corrected chi connectivity index (χ1v) is 13.1. The summed E-state index contributed by atoms with van der Waals surface area (Å²) in [5, 5.41) is 19.7. The van der Waals surface area contributed by atoms with E-state index in [9.17, 15) is 5.26 Å². The van der Waals surface area contributed by atoms with Gasteiger partial charge in [0.2, 0.25) is 0 Å². The van der Waals surface area contributed by atoms with E-state index >= 15 is 0 Å². The summed E-state index contributed by atoms with van der Waals surface area (Å²) >= 11 is 0. The lowest BCUT2D eigenvalue weighted by Gasteiger charge is -2.48. The van der Waals surface area contributed by atoms with Crippen molar-refractivity contribution >= 4 is 5.69 Å². The van der Waals surface area contributed by atoms with Crippen LogP contribution in [0.3, 0.4) is 0 Å². The molecule has 5 heteroatoms. The van der Waals surface area contributed by atoms with Gasteiger partial charge in [0.05, 0.1) is 29.2 Å². The van der Waals surface area contributed by atoms with Crippen molar-refractivity contribution in [3.05, 3.63) is 65.7 Å². The van der Waals surface area contributed by atoms with Crippen molar-refractivity contribution in [2.24, 2.45) is 17.8 Å². The van der Waals surface area contributed by atoms with Crippen LogP contribution in [0.4, 0.5) is 5.69 Å². The molecule has 3 atom stereocenters. The van der Waals surface area contributed by atoms with Crippen LogP contribution in [0.5, 0.6) is 0 Å². The van der Waals surface area contributed by atoms with Crippen molar-refractivity contribution in [2.45, 2.75) is 43.6 Å². The minimum absolute atomic E-state index is 0.177. The molecule has 5 rings (SSSR count). The second-order valence-corrected chi connectivity index (χ2v) is 10.7. The molecule has 2 aromatic carbocycles. The van der Waals surface area contributed by atoms with Crippen LogP contribution < -0.4 is 4.90 Å². The molecule has 2 heterocycles. The number of likely N-dealkylation sites (tertiary alicyclic amines) is 1. The van der Waals surface area contributed by atoms with E-state index in [2.05, 4.69) is 64.4 Å². The van der Waals surface area contributed by atoms with Gasteiger partial charge in [0.1, 0.15) is 0 Å². The summed E-state index contributed by atoms with van der Waals surface area (Å²) in [6.45, 7) is 5.43. The highest BCUT2D eigenvalue weighted by Crippen LogP contribution is 2.50. The molecule has 3 fully saturated rings. The maximum atomic E-state index is 10.7. The first kappa shape index (κ1) is 23.9. The van der Waals surface area contributed by atoms with Gasteiger partial charge in [-0.2, -0.15) is 10.5 Å². The van der Waals surface area contributed by atoms with Crippen molar-refractivity contribution in [2.75, 3.05) is 44.7 Å². The van der Waals surface area contributed by atoms with E-state index in [1.165, 1.54) is 11.3 Å².